The standard InChI is InChI=1S/C12H23N3O3/c1-18-9-5-4-8-14-11(16)12(10(13)15-17)6-2-3-7-12/h17H,2-9H2,1H3,(H2,13,15)(H,14,16). The van der Waals surface area contributed by atoms with Crippen LogP contribution in [0.5, 0.6) is 0 Å². The number of methoxy groups -OCH3 is 1. The maximum Gasteiger partial charge on any atom is 0.233 e. The number of amides is 1. The third-order valence-electron chi connectivity index (χ3n) is 3.55. The molecule has 0 aromatic rings. The first-order valence-electron chi connectivity index (χ1n) is 6.42. The van der Waals surface area contributed by atoms with Crippen LogP contribution in [0.25, 0.3) is 0 Å². The summed E-state index contributed by atoms with van der Waals surface area (Å²) in [4.78, 5) is 12.2. The summed E-state index contributed by atoms with van der Waals surface area (Å²) in [6.07, 6.45) is 4.97. The maximum absolute atomic E-state index is 12.2. The van der Waals surface area contributed by atoms with Crippen LogP contribution in [0.15, 0.2) is 5.16 Å². The first kappa shape index (κ1) is 14.8. The molecule has 4 N–H and O–H groups in total. The van der Waals surface area contributed by atoms with E-state index in [1.165, 1.54) is 0 Å². The van der Waals surface area contributed by atoms with Gasteiger partial charge in [-0.05, 0) is 25.7 Å². The number of rotatable bonds is 7. The Morgan fingerprint density at radius 1 is 1.44 bits per heavy atom. The fraction of sp³-hybridized carbons (Fsp3) is 0.833. The van der Waals surface area contributed by atoms with Gasteiger partial charge in [-0.2, -0.15) is 0 Å². The summed E-state index contributed by atoms with van der Waals surface area (Å²) in [5, 5.41) is 14.7. The lowest BCUT2D eigenvalue weighted by Crippen LogP contribution is -2.48. The van der Waals surface area contributed by atoms with Crippen LogP contribution in [0.4, 0.5) is 0 Å². The third-order valence-corrected chi connectivity index (χ3v) is 3.55. The molecule has 1 rings (SSSR count). The van der Waals surface area contributed by atoms with E-state index in [2.05, 4.69) is 10.5 Å². The Hall–Kier alpha value is -1.30. The number of carbonyl (C=O) groups excluding carboxylic acids is 1. The Bertz CT molecular complexity index is 299. The smallest absolute Gasteiger partial charge is 0.233 e. The fourth-order valence-electron chi connectivity index (χ4n) is 2.42. The van der Waals surface area contributed by atoms with E-state index in [1.54, 1.807) is 7.11 Å². The number of hydrogen-bond acceptors (Lipinski definition) is 4. The lowest BCUT2D eigenvalue weighted by atomic mass is 9.84. The zero-order valence-electron chi connectivity index (χ0n) is 10.9. The molecule has 0 atom stereocenters. The van der Waals surface area contributed by atoms with Crippen LogP contribution in [-0.2, 0) is 9.53 Å². The summed E-state index contributed by atoms with van der Waals surface area (Å²) in [6.45, 7) is 1.30. The molecule has 104 valence electrons. The zero-order chi connectivity index (χ0) is 13.4. The molecule has 6 nitrogen and oxygen atoms in total. The van der Waals surface area contributed by atoms with Crippen molar-refractivity contribution in [3.63, 3.8) is 0 Å². The van der Waals surface area contributed by atoms with Crippen molar-refractivity contribution in [1.29, 1.82) is 0 Å². The molecule has 0 aromatic carbocycles. The van der Waals surface area contributed by atoms with E-state index in [0.29, 0.717) is 26.0 Å². The van der Waals surface area contributed by atoms with Crippen LogP contribution in [0, 0.1) is 5.41 Å². The van der Waals surface area contributed by atoms with Crippen LogP contribution < -0.4 is 11.1 Å². The van der Waals surface area contributed by atoms with Gasteiger partial charge in [0.05, 0.1) is 0 Å². The number of nitrogens with two attached hydrogens (primary N) is 1. The predicted octanol–water partition coefficient (Wildman–Crippen LogP) is 0.836. The van der Waals surface area contributed by atoms with Gasteiger partial charge in [0.15, 0.2) is 5.84 Å². The molecule has 0 spiro atoms. The van der Waals surface area contributed by atoms with Crippen molar-refractivity contribution >= 4 is 11.7 Å². The van der Waals surface area contributed by atoms with Crippen molar-refractivity contribution < 1.29 is 14.7 Å². The normalized spacial score (nSPS) is 18.8. The van der Waals surface area contributed by atoms with E-state index in [0.717, 1.165) is 25.7 Å². The topological polar surface area (TPSA) is 96.9 Å². The van der Waals surface area contributed by atoms with Crippen molar-refractivity contribution in [2.75, 3.05) is 20.3 Å². The third kappa shape index (κ3) is 3.35. The number of amidine groups is 1. The minimum Gasteiger partial charge on any atom is -0.409 e. The second-order valence-corrected chi connectivity index (χ2v) is 4.73. The van der Waals surface area contributed by atoms with Gasteiger partial charge in [-0.1, -0.05) is 18.0 Å². The van der Waals surface area contributed by atoms with E-state index in [4.69, 9.17) is 15.7 Å². The number of nitrogens with zero attached hydrogens (tertiary/aromatic N) is 1. The molecule has 1 aliphatic carbocycles. The first-order valence-corrected chi connectivity index (χ1v) is 6.42. The molecule has 0 unspecified atom stereocenters. The quantitative estimate of drug-likeness (QED) is 0.207. The number of hydrogen-bond donors (Lipinski definition) is 3. The molecule has 1 amide bonds. The molecular formula is C12H23N3O3. The summed E-state index contributed by atoms with van der Waals surface area (Å²) in [6, 6.07) is 0. The molecule has 1 saturated carbocycles. The lowest BCUT2D eigenvalue weighted by Gasteiger charge is -2.25. The lowest BCUT2D eigenvalue weighted by molar-refractivity contribution is -0.127. The number of ether oxygens (including phenoxy) is 1. The van der Waals surface area contributed by atoms with Gasteiger partial charge in [-0.15, -0.1) is 0 Å². The number of nitrogens with one attached hydrogen (secondary N) is 1. The van der Waals surface area contributed by atoms with Crippen LogP contribution in [0.1, 0.15) is 38.5 Å². The molecule has 0 radical (unpaired) electrons. The van der Waals surface area contributed by atoms with Crippen molar-refractivity contribution in [3.8, 4) is 0 Å². The van der Waals surface area contributed by atoms with Gasteiger partial charge in [-0.25, -0.2) is 0 Å². The van der Waals surface area contributed by atoms with Gasteiger partial charge in [-0.3, -0.25) is 4.79 Å². The zero-order valence-corrected chi connectivity index (χ0v) is 10.9. The molecule has 1 fully saturated rings. The molecule has 0 heterocycles. The van der Waals surface area contributed by atoms with E-state index < -0.39 is 5.41 Å². The van der Waals surface area contributed by atoms with Crippen LogP contribution in [0.3, 0.4) is 0 Å². The first-order chi connectivity index (χ1) is 8.67. The average molecular weight is 257 g/mol. The van der Waals surface area contributed by atoms with Crippen molar-refractivity contribution in [3.05, 3.63) is 0 Å². The number of carbonyl (C=O) groups is 1. The molecular weight excluding hydrogens is 234 g/mol. The molecule has 1 aliphatic rings. The Morgan fingerprint density at radius 2 is 2.11 bits per heavy atom. The SMILES string of the molecule is COCCCCNC(=O)C1(/C(N)=N/O)CCCC1. The van der Waals surface area contributed by atoms with E-state index in [1.807, 2.05) is 0 Å². The molecule has 0 saturated heterocycles. The fourth-order valence-corrected chi connectivity index (χ4v) is 2.42. The van der Waals surface area contributed by atoms with Gasteiger partial charge in [0.2, 0.25) is 5.91 Å². The second kappa shape index (κ2) is 7.20. The molecule has 0 aromatic heterocycles. The van der Waals surface area contributed by atoms with Crippen LogP contribution in [0.2, 0.25) is 0 Å². The van der Waals surface area contributed by atoms with Gasteiger partial charge in [0, 0.05) is 20.3 Å². The highest BCUT2D eigenvalue weighted by molar-refractivity contribution is 6.07. The Balaban J connectivity index is 2.46. The van der Waals surface area contributed by atoms with Crippen molar-refractivity contribution in [2.24, 2.45) is 16.3 Å². The summed E-state index contributed by atoms with van der Waals surface area (Å²) < 4.78 is 4.94. The van der Waals surface area contributed by atoms with Crippen molar-refractivity contribution in [2.45, 2.75) is 38.5 Å². The van der Waals surface area contributed by atoms with Crippen molar-refractivity contribution in [1.82, 2.24) is 5.32 Å². The highest BCUT2D eigenvalue weighted by Gasteiger charge is 2.45. The van der Waals surface area contributed by atoms with Gasteiger partial charge in [0.1, 0.15) is 5.41 Å². The maximum atomic E-state index is 12.2. The van der Waals surface area contributed by atoms with Gasteiger partial charge < -0.3 is 21.0 Å². The Labute approximate surface area is 108 Å². The minimum absolute atomic E-state index is 0.0365. The predicted molar refractivity (Wildman–Crippen MR) is 68.4 cm³/mol. The Morgan fingerprint density at radius 3 is 2.67 bits per heavy atom. The summed E-state index contributed by atoms with van der Waals surface area (Å²) in [5.41, 5.74) is 4.89. The highest BCUT2D eigenvalue weighted by atomic mass is 16.5. The van der Waals surface area contributed by atoms with Crippen LogP contribution in [-0.4, -0.2) is 37.2 Å². The minimum atomic E-state index is -0.796. The Kier molecular flexibility index (Phi) is 5.91. The molecule has 0 aliphatic heterocycles. The summed E-state index contributed by atoms with van der Waals surface area (Å²) in [5.74, 6) is -0.0814. The molecule has 6 heteroatoms. The van der Waals surface area contributed by atoms with E-state index >= 15 is 0 Å². The molecule has 0 bridgehead atoms. The monoisotopic (exact) mass is 257 g/mol. The van der Waals surface area contributed by atoms with Crippen LogP contribution >= 0.6 is 0 Å². The number of unbranched alkanes of at least 4 members (excludes halogenated alkanes) is 1. The second-order valence-electron chi connectivity index (χ2n) is 4.73. The summed E-state index contributed by atoms with van der Waals surface area (Å²) >= 11 is 0. The largest absolute Gasteiger partial charge is 0.409 e. The van der Waals surface area contributed by atoms with E-state index in [9.17, 15) is 4.79 Å². The number of oxime groups is 1. The average Bonchev–Trinajstić information content (AvgIpc) is 2.88. The summed E-state index contributed by atoms with van der Waals surface area (Å²) in [7, 11) is 1.66. The van der Waals surface area contributed by atoms with Gasteiger partial charge in [0.25, 0.3) is 0 Å². The highest BCUT2D eigenvalue weighted by Crippen LogP contribution is 2.38. The van der Waals surface area contributed by atoms with E-state index in [-0.39, 0.29) is 11.7 Å². The molecule has 18 heavy (non-hydrogen) atoms. The van der Waals surface area contributed by atoms with Gasteiger partial charge >= 0.3 is 0 Å².